The Balaban J connectivity index is 1.52. The normalized spacial score (nSPS) is 11.8. The highest BCUT2D eigenvalue weighted by molar-refractivity contribution is 5.92. The fourth-order valence-corrected chi connectivity index (χ4v) is 4.97. The second-order valence-electron chi connectivity index (χ2n) is 12.4. The van der Waals surface area contributed by atoms with Gasteiger partial charge in [-0.3, -0.25) is 9.67 Å². The van der Waals surface area contributed by atoms with Gasteiger partial charge in [-0.2, -0.15) is 5.10 Å². The number of rotatable bonds is 10. The maximum absolute atomic E-state index is 15.0. The molecule has 0 atom stereocenters. The summed E-state index contributed by atoms with van der Waals surface area (Å²) in [7, 11) is 0. The van der Waals surface area contributed by atoms with Gasteiger partial charge in [-0.05, 0) is 59.7 Å². The van der Waals surface area contributed by atoms with Crippen molar-refractivity contribution in [3.8, 4) is 17.3 Å². The van der Waals surface area contributed by atoms with Gasteiger partial charge in [-0.1, -0.05) is 18.2 Å². The van der Waals surface area contributed by atoms with Crippen LogP contribution in [0, 0.1) is 11.6 Å². The average Bonchev–Trinajstić information content (AvgIpc) is 3.33. The number of fused-ring (bicyclic) bond motifs is 1. The lowest BCUT2D eigenvalue weighted by Crippen LogP contribution is -2.47. The number of alkyl carbamates (subject to hydrolysis) is 1. The van der Waals surface area contributed by atoms with E-state index in [0.29, 0.717) is 41.3 Å². The molecule has 0 saturated heterocycles. The summed E-state index contributed by atoms with van der Waals surface area (Å²) >= 11 is 0. The lowest BCUT2D eigenvalue weighted by molar-refractivity contribution is 0.0472. The predicted molar refractivity (Wildman–Crippen MR) is 172 cm³/mol. The molecule has 0 radical (unpaired) electrons. The molecule has 5 rings (SSSR count). The molecule has 3 heterocycles. The first kappa shape index (κ1) is 32.3. The van der Waals surface area contributed by atoms with E-state index in [-0.39, 0.29) is 17.9 Å². The quantitative estimate of drug-likeness (QED) is 0.167. The van der Waals surface area contributed by atoms with Crippen LogP contribution in [0.5, 0.6) is 5.75 Å². The molecule has 0 spiro atoms. The lowest BCUT2D eigenvalue weighted by Gasteiger charge is -2.29. The first-order valence-electron chi connectivity index (χ1n) is 14.9. The van der Waals surface area contributed by atoms with E-state index in [1.807, 2.05) is 38.1 Å². The molecular formula is C34H37F2N7O3. The van der Waals surface area contributed by atoms with Crippen molar-refractivity contribution in [2.75, 3.05) is 11.9 Å². The smallest absolute Gasteiger partial charge is 0.408 e. The molecule has 0 bridgehead atoms. The van der Waals surface area contributed by atoms with Crippen LogP contribution in [0.2, 0.25) is 0 Å². The maximum Gasteiger partial charge on any atom is 0.408 e. The Bertz CT molecular complexity index is 1830. The molecule has 46 heavy (non-hydrogen) atoms. The number of hydrogen-bond acceptors (Lipinski definition) is 8. The van der Waals surface area contributed by atoms with E-state index < -0.39 is 28.9 Å². The van der Waals surface area contributed by atoms with Gasteiger partial charge in [0, 0.05) is 64.9 Å². The number of carbonyl (C=O) groups is 1. The van der Waals surface area contributed by atoms with Crippen LogP contribution in [0.1, 0.15) is 52.7 Å². The Kier molecular flexibility index (Phi) is 9.17. The molecular weight excluding hydrogens is 592 g/mol. The molecule has 0 aliphatic heterocycles. The zero-order valence-corrected chi connectivity index (χ0v) is 26.7. The van der Waals surface area contributed by atoms with E-state index in [1.54, 1.807) is 58.4 Å². The van der Waals surface area contributed by atoms with Crippen molar-refractivity contribution < 1.29 is 23.0 Å². The van der Waals surface area contributed by atoms with Gasteiger partial charge in [0.05, 0.1) is 18.7 Å². The van der Waals surface area contributed by atoms with Crippen molar-refractivity contribution in [1.29, 1.82) is 0 Å². The van der Waals surface area contributed by atoms with Crippen molar-refractivity contribution in [1.82, 2.24) is 30.0 Å². The predicted octanol–water partition coefficient (Wildman–Crippen LogP) is 7.20. The topological polar surface area (TPSA) is 116 Å². The number of halogens is 2. The molecule has 5 aromatic rings. The van der Waals surface area contributed by atoms with Crippen LogP contribution in [0.25, 0.3) is 22.4 Å². The van der Waals surface area contributed by atoms with Gasteiger partial charge in [0.1, 0.15) is 34.5 Å². The number of ether oxygens (including phenoxy) is 2. The molecule has 12 heteroatoms. The maximum atomic E-state index is 15.0. The fourth-order valence-electron chi connectivity index (χ4n) is 4.97. The number of anilines is 2. The Morgan fingerprint density at radius 1 is 1.00 bits per heavy atom. The Labute approximate surface area is 266 Å². The highest BCUT2D eigenvalue weighted by Crippen LogP contribution is 2.31. The molecule has 240 valence electrons. The van der Waals surface area contributed by atoms with Crippen LogP contribution >= 0.6 is 0 Å². The molecule has 2 aromatic carbocycles. The number of nitrogens with one attached hydrogen (secondary N) is 2. The van der Waals surface area contributed by atoms with Crippen LogP contribution in [-0.2, 0) is 17.7 Å². The van der Waals surface area contributed by atoms with Crippen molar-refractivity contribution in [3.05, 3.63) is 89.9 Å². The van der Waals surface area contributed by atoms with E-state index in [1.165, 1.54) is 16.8 Å². The summed E-state index contributed by atoms with van der Waals surface area (Å²) in [4.78, 5) is 26.2. The zero-order valence-electron chi connectivity index (χ0n) is 26.7. The van der Waals surface area contributed by atoms with Gasteiger partial charge >= 0.3 is 6.09 Å². The number of para-hydroxylation sites is 1. The second kappa shape index (κ2) is 13.1. The number of aromatic nitrogens is 5. The van der Waals surface area contributed by atoms with Crippen LogP contribution in [0.3, 0.4) is 0 Å². The minimum atomic E-state index is -0.725. The van der Waals surface area contributed by atoms with Gasteiger partial charge < -0.3 is 20.1 Å². The summed E-state index contributed by atoms with van der Waals surface area (Å²) in [6, 6.07) is 13.3. The monoisotopic (exact) mass is 629 g/mol. The van der Waals surface area contributed by atoms with Crippen molar-refractivity contribution >= 4 is 28.5 Å². The molecule has 1 amide bonds. The third kappa shape index (κ3) is 7.74. The Morgan fingerprint density at radius 2 is 1.70 bits per heavy atom. The van der Waals surface area contributed by atoms with Crippen molar-refractivity contribution in [3.63, 3.8) is 0 Å². The van der Waals surface area contributed by atoms with Crippen LogP contribution < -0.4 is 15.4 Å². The molecule has 0 aliphatic rings. The number of benzene rings is 2. The summed E-state index contributed by atoms with van der Waals surface area (Å²) in [6.45, 7) is 11.1. The number of pyridine rings is 1. The molecule has 0 unspecified atom stereocenters. The van der Waals surface area contributed by atoms with Crippen LogP contribution in [0.15, 0.2) is 67.1 Å². The van der Waals surface area contributed by atoms with E-state index in [9.17, 15) is 4.79 Å². The minimum absolute atomic E-state index is 0.124. The molecule has 10 nitrogen and oxygen atoms in total. The number of hydrogen-bond donors (Lipinski definition) is 2. The third-order valence-electron chi connectivity index (χ3n) is 6.88. The second-order valence-corrected chi connectivity index (χ2v) is 12.4. The summed E-state index contributed by atoms with van der Waals surface area (Å²) in [6.07, 6.45) is 4.84. The molecule has 0 aliphatic carbocycles. The number of amides is 1. The molecule has 0 saturated carbocycles. The standard InChI is InChI=1S/C34H37F2N7O3/c1-7-45-23-16-26(35)25(27(36)17-23)20-43-28-11-9-8-10-24(28)29(42-43)31-38-19-21(30(40-31)39-22-12-14-37-15-13-22)18-34(5,6)41-32(44)46-33(2,3)4/h8-17,19H,7,18,20H2,1-6H3,(H,41,44)(H,37,38,39,40). The summed E-state index contributed by atoms with van der Waals surface area (Å²) < 4.78 is 42.3. The third-order valence-corrected chi connectivity index (χ3v) is 6.88. The van der Waals surface area contributed by atoms with E-state index >= 15 is 8.78 Å². The van der Waals surface area contributed by atoms with E-state index in [0.717, 1.165) is 11.3 Å². The first-order chi connectivity index (χ1) is 21.8. The Morgan fingerprint density at radius 3 is 2.37 bits per heavy atom. The van der Waals surface area contributed by atoms with E-state index in [4.69, 9.17) is 19.6 Å². The lowest BCUT2D eigenvalue weighted by atomic mass is 9.96. The SMILES string of the molecule is CCOc1cc(F)c(Cn2nc(-c3ncc(CC(C)(C)NC(=O)OC(C)(C)C)c(Nc4ccncc4)n3)c3ccccc32)c(F)c1. The van der Waals surface area contributed by atoms with Gasteiger partial charge in [0.2, 0.25) is 0 Å². The highest BCUT2D eigenvalue weighted by atomic mass is 19.1. The van der Waals surface area contributed by atoms with E-state index in [2.05, 4.69) is 20.6 Å². The fraction of sp³-hybridized carbons (Fsp3) is 0.324. The molecule has 3 aromatic heterocycles. The Hall–Kier alpha value is -5.13. The van der Waals surface area contributed by atoms with Gasteiger partial charge in [0.25, 0.3) is 0 Å². The number of nitrogens with zero attached hydrogens (tertiary/aromatic N) is 5. The van der Waals surface area contributed by atoms with Crippen LogP contribution in [0.4, 0.5) is 25.1 Å². The highest BCUT2D eigenvalue weighted by Gasteiger charge is 2.27. The number of carbonyl (C=O) groups excluding carboxylic acids is 1. The average molecular weight is 630 g/mol. The van der Waals surface area contributed by atoms with Crippen LogP contribution in [-0.4, -0.2) is 48.6 Å². The summed E-state index contributed by atoms with van der Waals surface area (Å²) in [5.41, 5.74) is 1.07. The van der Waals surface area contributed by atoms with Gasteiger partial charge in [-0.25, -0.2) is 23.5 Å². The molecule has 0 fully saturated rings. The van der Waals surface area contributed by atoms with Gasteiger partial charge in [0.15, 0.2) is 5.82 Å². The molecule has 2 N–H and O–H groups in total. The van der Waals surface area contributed by atoms with Crippen molar-refractivity contribution in [2.24, 2.45) is 0 Å². The van der Waals surface area contributed by atoms with Crippen molar-refractivity contribution in [2.45, 2.75) is 65.6 Å². The largest absolute Gasteiger partial charge is 0.494 e. The summed E-state index contributed by atoms with van der Waals surface area (Å²) in [5.74, 6) is -0.522. The van der Waals surface area contributed by atoms with Gasteiger partial charge in [-0.15, -0.1) is 0 Å². The summed E-state index contributed by atoms with van der Waals surface area (Å²) in [5, 5.41) is 11.7. The zero-order chi connectivity index (χ0) is 33.1. The minimum Gasteiger partial charge on any atom is -0.494 e. The first-order valence-corrected chi connectivity index (χ1v) is 14.9.